The summed E-state index contributed by atoms with van der Waals surface area (Å²) >= 11 is 6.01. The molecule has 0 saturated heterocycles. The van der Waals surface area contributed by atoms with Crippen LogP contribution in [0.4, 0.5) is 0 Å². The predicted molar refractivity (Wildman–Crippen MR) is 125 cm³/mol. The molecule has 1 aromatic heterocycles. The molecule has 158 valence electrons. The average molecular weight is 542 g/mol. The van der Waals surface area contributed by atoms with Crippen LogP contribution in [0, 0.1) is 0 Å². The highest BCUT2D eigenvalue weighted by Crippen LogP contribution is 2.32. The molecule has 2 heterocycles. The topological polar surface area (TPSA) is 93.8 Å². The maximum absolute atomic E-state index is 6.01. The van der Waals surface area contributed by atoms with Gasteiger partial charge in [-0.2, -0.15) is 4.98 Å². The summed E-state index contributed by atoms with van der Waals surface area (Å²) in [4.78, 5) is 8.64. The fraction of sp³-hybridized carbons (Fsp3) is 0.250. The molecule has 0 amide bonds. The summed E-state index contributed by atoms with van der Waals surface area (Å²) < 4.78 is 16.0. The Kier molecular flexibility index (Phi) is 7.75. The van der Waals surface area contributed by atoms with Gasteiger partial charge in [0.15, 0.2) is 17.5 Å². The van der Waals surface area contributed by atoms with E-state index in [4.69, 9.17) is 25.6 Å². The Hall–Kier alpha value is -2.53. The Labute approximate surface area is 196 Å². The zero-order valence-electron chi connectivity index (χ0n) is 16.2. The Bertz CT molecular complexity index is 1030. The molecule has 3 aromatic rings. The number of benzene rings is 2. The van der Waals surface area contributed by atoms with Gasteiger partial charge >= 0.3 is 0 Å². The number of hydrogen-bond donors (Lipinski definition) is 2. The van der Waals surface area contributed by atoms with Gasteiger partial charge in [0.05, 0.1) is 0 Å². The van der Waals surface area contributed by atoms with Gasteiger partial charge in [0.1, 0.15) is 0 Å². The van der Waals surface area contributed by atoms with Crippen molar-refractivity contribution in [1.29, 1.82) is 0 Å². The molecule has 30 heavy (non-hydrogen) atoms. The van der Waals surface area contributed by atoms with Crippen molar-refractivity contribution in [3.8, 4) is 22.9 Å². The van der Waals surface area contributed by atoms with E-state index in [1.54, 1.807) is 19.2 Å². The van der Waals surface area contributed by atoms with Crippen molar-refractivity contribution in [1.82, 2.24) is 20.8 Å². The molecule has 1 aliphatic heterocycles. The summed E-state index contributed by atoms with van der Waals surface area (Å²) in [5.41, 5.74) is 1.89. The number of nitrogens with one attached hydrogen (secondary N) is 2. The lowest BCUT2D eigenvalue weighted by molar-refractivity contribution is 0.174. The molecule has 0 aliphatic carbocycles. The summed E-state index contributed by atoms with van der Waals surface area (Å²) in [6.07, 6.45) is 0.568. The third-order valence-corrected chi connectivity index (χ3v) is 4.54. The molecule has 4 rings (SSSR count). The fourth-order valence-corrected chi connectivity index (χ4v) is 3.04. The average Bonchev–Trinajstić information content (AvgIpc) is 3.39. The lowest BCUT2D eigenvalue weighted by Crippen LogP contribution is -2.37. The van der Waals surface area contributed by atoms with Gasteiger partial charge in [0.25, 0.3) is 0 Å². The van der Waals surface area contributed by atoms with Crippen molar-refractivity contribution in [2.45, 2.75) is 13.0 Å². The van der Waals surface area contributed by atoms with E-state index >= 15 is 0 Å². The smallest absolute Gasteiger partial charge is 0.231 e. The Morgan fingerprint density at radius 1 is 1.13 bits per heavy atom. The second kappa shape index (κ2) is 10.5. The van der Waals surface area contributed by atoms with E-state index in [2.05, 4.69) is 25.8 Å². The minimum absolute atomic E-state index is 0. The van der Waals surface area contributed by atoms with Gasteiger partial charge in [-0.1, -0.05) is 35.0 Å². The third kappa shape index (κ3) is 5.54. The quantitative estimate of drug-likeness (QED) is 0.280. The lowest BCUT2D eigenvalue weighted by Gasteiger charge is -2.11. The molecule has 0 fully saturated rings. The largest absolute Gasteiger partial charge is 0.454 e. The first-order chi connectivity index (χ1) is 14.2. The molecule has 8 nitrogen and oxygen atoms in total. The van der Waals surface area contributed by atoms with E-state index in [0.717, 1.165) is 22.6 Å². The molecule has 2 aromatic carbocycles. The lowest BCUT2D eigenvalue weighted by atomic mass is 10.2. The summed E-state index contributed by atoms with van der Waals surface area (Å²) in [7, 11) is 1.72. The van der Waals surface area contributed by atoms with E-state index in [0.29, 0.717) is 42.2 Å². The SMILES string of the molecule is CN=C(NCCc1nc(-c2cccc(Cl)c2)no1)NCc1ccc2c(c1)OCO2.I. The van der Waals surface area contributed by atoms with Crippen LogP contribution in [0.2, 0.25) is 5.02 Å². The van der Waals surface area contributed by atoms with E-state index in [1.165, 1.54) is 0 Å². The summed E-state index contributed by atoms with van der Waals surface area (Å²) in [6.45, 7) is 1.47. The molecule has 0 saturated carbocycles. The van der Waals surface area contributed by atoms with E-state index < -0.39 is 0 Å². The van der Waals surface area contributed by atoms with Crippen molar-refractivity contribution >= 4 is 41.5 Å². The maximum atomic E-state index is 6.01. The minimum atomic E-state index is 0. The second-order valence-corrected chi connectivity index (χ2v) is 6.75. The van der Waals surface area contributed by atoms with Crippen molar-refractivity contribution in [3.63, 3.8) is 0 Å². The molecular weight excluding hydrogens is 521 g/mol. The normalized spacial score (nSPS) is 12.4. The van der Waals surface area contributed by atoms with Gasteiger partial charge in [0.2, 0.25) is 18.5 Å². The number of aromatic nitrogens is 2. The van der Waals surface area contributed by atoms with Crippen molar-refractivity contribution < 1.29 is 14.0 Å². The standard InChI is InChI=1S/C20H20ClN5O3.HI/c1-22-20(24-11-13-5-6-16-17(9-13)28-12-27-16)23-8-7-18-25-19(26-29-18)14-3-2-4-15(21)10-14;/h2-6,9-10H,7-8,11-12H2,1H3,(H2,22,23,24);1H. The summed E-state index contributed by atoms with van der Waals surface area (Å²) in [5.74, 6) is 3.27. The van der Waals surface area contributed by atoms with Crippen molar-refractivity contribution in [3.05, 3.63) is 58.9 Å². The van der Waals surface area contributed by atoms with Crippen LogP contribution in [0.1, 0.15) is 11.5 Å². The molecule has 0 spiro atoms. The van der Waals surface area contributed by atoms with Crippen LogP contribution < -0.4 is 20.1 Å². The molecule has 0 bridgehead atoms. The first kappa shape index (κ1) is 22.2. The van der Waals surface area contributed by atoms with Crippen molar-refractivity contribution in [2.75, 3.05) is 20.4 Å². The van der Waals surface area contributed by atoms with Gasteiger partial charge in [-0.3, -0.25) is 4.99 Å². The minimum Gasteiger partial charge on any atom is -0.454 e. The Morgan fingerprint density at radius 3 is 2.83 bits per heavy atom. The maximum Gasteiger partial charge on any atom is 0.231 e. The van der Waals surface area contributed by atoms with Crippen LogP contribution in [0.15, 0.2) is 52.0 Å². The van der Waals surface area contributed by atoms with Crippen molar-refractivity contribution in [2.24, 2.45) is 4.99 Å². The number of hydrogen-bond acceptors (Lipinski definition) is 6. The van der Waals surface area contributed by atoms with Gasteiger partial charge in [-0.25, -0.2) is 0 Å². The van der Waals surface area contributed by atoms with Crippen LogP contribution >= 0.6 is 35.6 Å². The van der Waals surface area contributed by atoms with E-state index in [9.17, 15) is 0 Å². The molecule has 2 N–H and O–H groups in total. The molecule has 10 heteroatoms. The molecule has 0 radical (unpaired) electrons. The zero-order valence-corrected chi connectivity index (χ0v) is 19.3. The molecule has 1 aliphatic rings. The molecule has 0 atom stereocenters. The highest BCUT2D eigenvalue weighted by atomic mass is 127. The number of nitrogens with zero attached hydrogens (tertiary/aromatic N) is 3. The van der Waals surface area contributed by atoms with Gasteiger partial charge in [0, 0.05) is 37.1 Å². The third-order valence-electron chi connectivity index (χ3n) is 4.30. The highest BCUT2D eigenvalue weighted by molar-refractivity contribution is 14.0. The monoisotopic (exact) mass is 541 g/mol. The number of ether oxygens (including phenoxy) is 2. The van der Waals surface area contributed by atoms with Gasteiger partial charge in [-0.05, 0) is 29.8 Å². The Balaban J connectivity index is 0.00000256. The van der Waals surface area contributed by atoms with Gasteiger partial charge in [-0.15, -0.1) is 24.0 Å². The van der Waals surface area contributed by atoms with E-state index in [1.807, 2.05) is 30.3 Å². The fourth-order valence-electron chi connectivity index (χ4n) is 2.85. The highest BCUT2D eigenvalue weighted by Gasteiger charge is 2.13. The number of fused-ring (bicyclic) bond motifs is 1. The first-order valence-electron chi connectivity index (χ1n) is 9.13. The summed E-state index contributed by atoms with van der Waals surface area (Å²) in [5, 5.41) is 11.1. The van der Waals surface area contributed by atoms with E-state index in [-0.39, 0.29) is 30.8 Å². The number of rotatable bonds is 6. The Morgan fingerprint density at radius 2 is 2.00 bits per heavy atom. The predicted octanol–water partition coefficient (Wildman–Crippen LogP) is 3.64. The number of guanidine groups is 1. The molecular formula is C20H21ClIN5O3. The van der Waals surface area contributed by atoms with Crippen LogP contribution in [-0.4, -0.2) is 36.5 Å². The second-order valence-electron chi connectivity index (χ2n) is 6.31. The molecule has 0 unspecified atom stereocenters. The van der Waals surface area contributed by atoms with Crippen LogP contribution in [0.3, 0.4) is 0 Å². The first-order valence-corrected chi connectivity index (χ1v) is 9.50. The van der Waals surface area contributed by atoms with Crippen LogP contribution in [0.25, 0.3) is 11.4 Å². The van der Waals surface area contributed by atoms with Crippen LogP contribution in [0.5, 0.6) is 11.5 Å². The number of halogens is 2. The summed E-state index contributed by atoms with van der Waals surface area (Å²) in [6, 6.07) is 13.2. The number of aliphatic imine (C=N–C) groups is 1. The van der Waals surface area contributed by atoms with Gasteiger partial charge < -0.3 is 24.6 Å². The zero-order chi connectivity index (χ0) is 20.1. The van der Waals surface area contributed by atoms with Crippen LogP contribution in [-0.2, 0) is 13.0 Å².